The Hall–Kier alpha value is -1.99. The zero-order valence-electron chi connectivity index (χ0n) is 11.7. The molecule has 0 saturated carbocycles. The number of ether oxygens (including phenoxy) is 1. The fraction of sp³-hybridized carbons (Fsp3) is 0.400. The van der Waals surface area contributed by atoms with E-state index in [0.29, 0.717) is 0 Å². The van der Waals surface area contributed by atoms with E-state index < -0.39 is 0 Å². The van der Waals surface area contributed by atoms with Crippen molar-refractivity contribution in [3.63, 3.8) is 0 Å². The molecule has 1 aromatic carbocycles. The molecule has 0 heterocycles. The lowest BCUT2D eigenvalue weighted by Gasteiger charge is -2.13. The molecule has 0 atom stereocenters. The fourth-order valence-corrected chi connectivity index (χ4v) is 1.91. The SMILES string of the molecule is C#CCNC(=O)COc1c(C)cc(CNC)cc1C. The highest BCUT2D eigenvalue weighted by molar-refractivity contribution is 5.77. The van der Waals surface area contributed by atoms with Crippen LogP contribution in [0.5, 0.6) is 5.75 Å². The van der Waals surface area contributed by atoms with E-state index in [0.717, 1.165) is 23.4 Å². The summed E-state index contributed by atoms with van der Waals surface area (Å²) in [5.74, 6) is 2.89. The Bertz CT molecular complexity index is 466. The molecule has 0 aliphatic rings. The number of hydrogen-bond donors (Lipinski definition) is 2. The first kappa shape index (κ1) is 15.1. The van der Waals surface area contributed by atoms with Gasteiger partial charge < -0.3 is 15.4 Å². The highest BCUT2D eigenvalue weighted by Gasteiger charge is 2.08. The highest BCUT2D eigenvalue weighted by Crippen LogP contribution is 2.24. The molecular formula is C15H20N2O2. The largest absolute Gasteiger partial charge is 0.483 e. The van der Waals surface area contributed by atoms with E-state index in [1.54, 1.807) is 0 Å². The van der Waals surface area contributed by atoms with Crippen LogP contribution in [0.4, 0.5) is 0 Å². The number of amides is 1. The van der Waals surface area contributed by atoms with Crippen molar-refractivity contribution in [2.24, 2.45) is 0 Å². The number of rotatable bonds is 6. The van der Waals surface area contributed by atoms with E-state index >= 15 is 0 Å². The molecule has 0 radical (unpaired) electrons. The van der Waals surface area contributed by atoms with Gasteiger partial charge in [0.2, 0.25) is 0 Å². The summed E-state index contributed by atoms with van der Waals surface area (Å²) < 4.78 is 5.56. The molecule has 19 heavy (non-hydrogen) atoms. The van der Waals surface area contributed by atoms with Crippen LogP contribution >= 0.6 is 0 Å². The Kier molecular flexibility index (Phi) is 5.91. The second-order valence-corrected chi connectivity index (χ2v) is 4.36. The van der Waals surface area contributed by atoms with E-state index in [4.69, 9.17) is 11.2 Å². The molecule has 0 aromatic heterocycles. The predicted molar refractivity (Wildman–Crippen MR) is 76.0 cm³/mol. The zero-order chi connectivity index (χ0) is 14.3. The van der Waals surface area contributed by atoms with Crippen LogP contribution in [0, 0.1) is 26.2 Å². The molecule has 1 rings (SSSR count). The van der Waals surface area contributed by atoms with Crippen LogP contribution in [0.2, 0.25) is 0 Å². The van der Waals surface area contributed by atoms with Crippen molar-refractivity contribution < 1.29 is 9.53 Å². The van der Waals surface area contributed by atoms with Gasteiger partial charge in [-0.2, -0.15) is 0 Å². The van der Waals surface area contributed by atoms with Crippen LogP contribution in [-0.4, -0.2) is 26.1 Å². The second-order valence-electron chi connectivity index (χ2n) is 4.36. The molecule has 0 fully saturated rings. The van der Waals surface area contributed by atoms with Gasteiger partial charge in [0, 0.05) is 6.54 Å². The van der Waals surface area contributed by atoms with Crippen LogP contribution in [0.3, 0.4) is 0 Å². The standard InChI is InChI=1S/C15H20N2O2/c1-5-6-17-14(18)10-19-15-11(2)7-13(9-16-4)8-12(15)3/h1,7-8,16H,6,9-10H2,2-4H3,(H,17,18). The summed E-state index contributed by atoms with van der Waals surface area (Å²) in [7, 11) is 1.91. The molecule has 1 amide bonds. The third kappa shape index (κ3) is 4.65. The Morgan fingerprint density at radius 1 is 1.37 bits per heavy atom. The van der Waals surface area contributed by atoms with E-state index in [1.165, 1.54) is 5.56 Å². The maximum Gasteiger partial charge on any atom is 0.258 e. The number of nitrogens with one attached hydrogen (secondary N) is 2. The van der Waals surface area contributed by atoms with Crippen LogP contribution in [0.15, 0.2) is 12.1 Å². The van der Waals surface area contributed by atoms with Gasteiger partial charge in [-0.25, -0.2) is 0 Å². The van der Waals surface area contributed by atoms with Crippen molar-refractivity contribution in [1.29, 1.82) is 0 Å². The Labute approximate surface area is 114 Å². The lowest BCUT2D eigenvalue weighted by Crippen LogP contribution is -2.29. The minimum absolute atomic E-state index is 0.0191. The van der Waals surface area contributed by atoms with Gasteiger partial charge in [0.25, 0.3) is 5.91 Å². The van der Waals surface area contributed by atoms with Crippen molar-refractivity contribution in [3.8, 4) is 18.1 Å². The lowest BCUT2D eigenvalue weighted by molar-refractivity contribution is -0.122. The van der Waals surface area contributed by atoms with E-state index in [1.807, 2.05) is 20.9 Å². The van der Waals surface area contributed by atoms with Gasteiger partial charge in [-0.05, 0) is 37.6 Å². The molecular weight excluding hydrogens is 240 g/mol. The Balaban J connectivity index is 2.69. The number of aryl methyl sites for hydroxylation is 2. The third-order valence-corrected chi connectivity index (χ3v) is 2.64. The van der Waals surface area contributed by atoms with Crippen molar-refractivity contribution in [2.75, 3.05) is 20.2 Å². The number of benzene rings is 1. The summed E-state index contributed by atoms with van der Waals surface area (Å²) in [6, 6.07) is 4.11. The van der Waals surface area contributed by atoms with Crippen LogP contribution in [0.25, 0.3) is 0 Å². The summed E-state index contributed by atoms with van der Waals surface area (Å²) in [5, 5.41) is 5.67. The highest BCUT2D eigenvalue weighted by atomic mass is 16.5. The first-order chi connectivity index (χ1) is 9.08. The average Bonchev–Trinajstić information content (AvgIpc) is 2.35. The zero-order valence-corrected chi connectivity index (χ0v) is 11.7. The molecule has 0 bridgehead atoms. The monoisotopic (exact) mass is 260 g/mol. The second kappa shape index (κ2) is 7.45. The Morgan fingerprint density at radius 2 is 2.00 bits per heavy atom. The van der Waals surface area contributed by atoms with Crippen molar-refractivity contribution in [1.82, 2.24) is 10.6 Å². The van der Waals surface area contributed by atoms with Gasteiger partial charge in [0.1, 0.15) is 5.75 Å². The molecule has 102 valence electrons. The summed E-state index contributed by atoms with van der Waals surface area (Å²) in [5.41, 5.74) is 3.24. The minimum atomic E-state index is -0.212. The average molecular weight is 260 g/mol. The van der Waals surface area contributed by atoms with E-state index in [9.17, 15) is 4.79 Å². The Morgan fingerprint density at radius 3 is 2.53 bits per heavy atom. The number of carbonyl (C=O) groups is 1. The molecule has 0 aliphatic carbocycles. The van der Waals surface area contributed by atoms with Gasteiger partial charge in [-0.3, -0.25) is 4.79 Å². The van der Waals surface area contributed by atoms with Crippen LogP contribution < -0.4 is 15.4 Å². The number of terminal acetylenes is 1. The van der Waals surface area contributed by atoms with Gasteiger partial charge >= 0.3 is 0 Å². The summed E-state index contributed by atoms with van der Waals surface area (Å²) in [4.78, 5) is 11.4. The maximum atomic E-state index is 11.4. The number of carbonyl (C=O) groups excluding carboxylic acids is 1. The van der Waals surface area contributed by atoms with Crippen LogP contribution in [0.1, 0.15) is 16.7 Å². The molecule has 4 nitrogen and oxygen atoms in total. The molecule has 0 aliphatic heterocycles. The first-order valence-electron chi connectivity index (χ1n) is 6.16. The topological polar surface area (TPSA) is 50.4 Å². The molecule has 0 spiro atoms. The normalized spacial score (nSPS) is 9.79. The minimum Gasteiger partial charge on any atom is -0.483 e. The van der Waals surface area contributed by atoms with E-state index in [2.05, 4.69) is 28.7 Å². The van der Waals surface area contributed by atoms with Crippen molar-refractivity contribution >= 4 is 5.91 Å². The maximum absolute atomic E-state index is 11.4. The van der Waals surface area contributed by atoms with Gasteiger partial charge in [-0.1, -0.05) is 18.1 Å². The third-order valence-electron chi connectivity index (χ3n) is 2.64. The quantitative estimate of drug-likeness (QED) is 0.754. The predicted octanol–water partition coefficient (Wildman–Crippen LogP) is 1.15. The van der Waals surface area contributed by atoms with Crippen LogP contribution in [-0.2, 0) is 11.3 Å². The van der Waals surface area contributed by atoms with Gasteiger partial charge in [-0.15, -0.1) is 6.42 Å². The number of hydrogen-bond acceptors (Lipinski definition) is 3. The summed E-state index contributed by atoms with van der Waals surface area (Å²) in [6.07, 6.45) is 5.07. The molecule has 2 N–H and O–H groups in total. The molecule has 1 aromatic rings. The summed E-state index contributed by atoms with van der Waals surface area (Å²) in [6.45, 7) is 4.96. The fourth-order valence-electron chi connectivity index (χ4n) is 1.91. The van der Waals surface area contributed by atoms with Gasteiger partial charge in [0.05, 0.1) is 6.54 Å². The molecule has 0 saturated heterocycles. The smallest absolute Gasteiger partial charge is 0.258 e. The molecule has 4 heteroatoms. The van der Waals surface area contributed by atoms with Crippen molar-refractivity contribution in [3.05, 3.63) is 28.8 Å². The summed E-state index contributed by atoms with van der Waals surface area (Å²) >= 11 is 0. The lowest BCUT2D eigenvalue weighted by atomic mass is 10.1. The van der Waals surface area contributed by atoms with Gasteiger partial charge in [0.15, 0.2) is 6.61 Å². The van der Waals surface area contributed by atoms with E-state index in [-0.39, 0.29) is 19.1 Å². The molecule has 0 unspecified atom stereocenters. The first-order valence-corrected chi connectivity index (χ1v) is 6.16. The van der Waals surface area contributed by atoms with Crippen molar-refractivity contribution in [2.45, 2.75) is 20.4 Å².